The van der Waals surface area contributed by atoms with E-state index < -0.39 is 6.10 Å². The van der Waals surface area contributed by atoms with Crippen LogP contribution in [0.3, 0.4) is 0 Å². The zero-order valence-corrected chi connectivity index (χ0v) is 15.3. The summed E-state index contributed by atoms with van der Waals surface area (Å²) in [5, 5.41) is 0. The SMILES string of the molecule is CC(=O)C1CN(c2ncc(N3CC[C@@H](Oc4ccc(C)nc4)C3=O)cn2)C1. The number of amides is 1. The standard InChI is InChI=1S/C19H21N5O3/c1-12-3-4-16(9-20-12)27-17-5-6-24(18(17)26)15-7-21-19(22-8-15)23-10-14(11-23)13(2)25/h3-4,7-9,14,17H,5-6,10-11H2,1-2H3/t17-/m1/s1. The number of Topliss-reactive ketones (excluding diaryl/α,β-unsaturated/α-hetero) is 1. The molecule has 0 saturated carbocycles. The van der Waals surface area contributed by atoms with Gasteiger partial charge in [-0.1, -0.05) is 0 Å². The third-order valence-electron chi connectivity index (χ3n) is 4.99. The second kappa shape index (κ2) is 6.94. The van der Waals surface area contributed by atoms with E-state index in [9.17, 15) is 9.59 Å². The summed E-state index contributed by atoms with van der Waals surface area (Å²) in [4.78, 5) is 40.5. The van der Waals surface area contributed by atoms with Crippen molar-refractivity contribution in [1.29, 1.82) is 0 Å². The molecule has 0 bridgehead atoms. The number of rotatable bonds is 5. The minimum atomic E-state index is -0.527. The van der Waals surface area contributed by atoms with Crippen LogP contribution in [-0.2, 0) is 9.59 Å². The maximum Gasteiger partial charge on any atom is 0.268 e. The van der Waals surface area contributed by atoms with Crippen molar-refractivity contribution in [2.24, 2.45) is 5.92 Å². The number of aryl methyl sites for hydroxylation is 1. The summed E-state index contributed by atoms with van der Waals surface area (Å²) in [6.45, 7) is 5.36. The van der Waals surface area contributed by atoms with Gasteiger partial charge in [-0.25, -0.2) is 9.97 Å². The van der Waals surface area contributed by atoms with Crippen LogP contribution in [0.4, 0.5) is 11.6 Å². The first kappa shape index (κ1) is 17.4. The summed E-state index contributed by atoms with van der Waals surface area (Å²) in [5.41, 5.74) is 1.55. The highest BCUT2D eigenvalue weighted by atomic mass is 16.5. The fraction of sp³-hybridized carbons (Fsp3) is 0.421. The zero-order chi connectivity index (χ0) is 19.0. The first-order chi connectivity index (χ1) is 13.0. The lowest BCUT2D eigenvalue weighted by atomic mass is 9.97. The van der Waals surface area contributed by atoms with Crippen LogP contribution in [0, 0.1) is 12.8 Å². The van der Waals surface area contributed by atoms with E-state index in [0.717, 1.165) is 5.69 Å². The largest absolute Gasteiger partial charge is 0.479 e. The Bertz CT molecular complexity index is 847. The molecular formula is C19H21N5O3. The third-order valence-corrected chi connectivity index (χ3v) is 4.99. The second-order valence-electron chi connectivity index (χ2n) is 6.97. The lowest BCUT2D eigenvalue weighted by Crippen LogP contribution is -2.50. The quantitative estimate of drug-likeness (QED) is 0.789. The molecule has 2 aliphatic heterocycles. The van der Waals surface area contributed by atoms with E-state index >= 15 is 0 Å². The highest BCUT2D eigenvalue weighted by Gasteiger charge is 2.35. The minimum absolute atomic E-state index is 0.0719. The first-order valence-corrected chi connectivity index (χ1v) is 8.99. The highest BCUT2D eigenvalue weighted by molar-refractivity contribution is 5.98. The molecule has 2 fully saturated rings. The molecule has 0 N–H and O–H groups in total. The van der Waals surface area contributed by atoms with Crippen molar-refractivity contribution in [2.75, 3.05) is 29.4 Å². The van der Waals surface area contributed by atoms with Crippen LogP contribution in [0.25, 0.3) is 0 Å². The van der Waals surface area contributed by atoms with Gasteiger partial charge in [0.05, 0.1) is 30.2 Å². The molecule has 8 heteroatoms. The monoisotopic (exact) mass is 367 g/mol. The Morgan fingerprint density at radius 1 is 1.15 bits per heavy atom. The number of hydrogen-bond donors (Lipinski definition) is 0. The Morgan fingerprint density at radius 3 is 2.52 bits per heavy atom. The van der Waals surface area contributed by atoms with Crippen LogP contribution < -0.4 is 14.5 Å². The summed E-state index contributed by atoms with van der Waals surface area (Å²) in [6.07, 6.45) is 5.00. The smallest absolute Gasteiger partial charge is 0.268 e. The van der Waals surface area contributed by atoms with Crippen LogP contribution in [0.2, 0.25) is 0 Å². The number of carbonyl (C=O) groups excluding carboxylic acids is 2. The molecule has 27 heavy (non-hydrogen) atoms. The molecule has 2 aliphatic rings. The van der Waals surface area contributed by atoms with Crippen molar-refractivity contribution >= 4 is 23.3 Å². The average molecular weight is 367 g/mol. The van der Waals surface area contributed by atoms with Gasteiger partial charge in [0.1, 0.15) is 11.5 Å². The van der Waals surface area contributed by atoms with E-state index in [4.69, 9.17) is 4.74 Å². The van der Waals surface area contributed by atoms with Gasteiger partial charge in [-0.3, -0.25) is 14.6 Å². The topological polar surface area (TPSA) is 88.5 Å². The van der Waals surface area contributed by atoms with Gasteiger partial charge in [-0.15, -0.1) is 0 Å². The molecular weight excluding hydrogens is 346 g/mol. The van der Waals surface area contributed by atoms with Gasteiger partial charge >= 0.3 is 0 Å². The number of carbonyl (C=O) groups is 2. The van der Waals surface area contributed by atoms with E-state index in [2.05, 4.69) is 15.0 Å². The number of nitrogens with zero attached hydrogens (tertiary/aromatic N) is 5. The van der Waals surface area contributed by atoms with E-state index in [1.54, 1.807) is 30.4 Å². The van der Waals surface area contributed by atoms with E-state index in [0.29, 0.717) is 43.4 Å². The molecule has 1 amide bonds. The molecule has 4 rings (SSSR count). The van der Waals surface area contributed by atoms with Crippen LogP contribution >= 0.6 is 0 Å². The predicted octanol–water partition coefficient (Wildman–Crippen LogP) is 1.39. The fourth-order valence-corrected chi connectivity index (χ4v) is 3.22. The molecule has 0 unspecified atom stereocenters. The molecule has 140 valence electrons. The first-order valence-electron chi connectivity index (χ1n) is 8.99. The summed E-state index contributed by atoms with van der Waals surface area (Å²) in [5.74, 6) is 1.34. The summed E-state index contributed by atoms with van der Waals surface area (Å²) >= 11 is 0. The Morgan fingerprint density at radius 2 is 1.89 bits per heavy atom. The summed E-state index contributed by atoms with van der Waals surface area (Å²) in [6, 6.07) is 3.67. The Labute approximate surface area is 157 Å². The number of ether oxygens (including phenoxy) is 1. The van der Waals surface area contributed by atoms with Gasteiger partial charge in [0, 0.05) is 31.7 Å². The molecule has 0 aliphatic carbocycles. The Kier molecular flexibility index (Phi) is 4.47. The number of ketones is 1. The van der Waals surface area contributed by atoms with E-state index in [-0.39, 0.29) is 17.6 Å². The van der Waals surface area contributed by atoms with Crippen LogP contribution in [0.15, 0.2) is 30.7 Å². The zero-order valence-electron chi connectivity index (χ0n) is 15.3. The van der Waals surface area contributed by atoms with Crippen LogP contribution in [-0.4, -0.2) is 52.4 Å². The van der Waals surface area contributed by atoms with Crippen molar-refractivity contribution in [3.8, 4) is 5.75 Å². The molecule has 0 radical (unpaired) electrons. The van der Waals surface area contributed by atoms with E-state index in [1.807, 2.05) is 24.0 Å². The van der Waals surface area contributed by atoms with Crippen molar-refractivity contribution < 1.29 is 14.3 Å². The molecule has 2 saturated heterocycles. The maximum atomic E-state index is 12.7. The minimum Gasteiger partial charge on any atom is -0.479 e. The summed E-state index contributed by atoms with van der Waals surface area (Å²) < 4.78 is 5.78. The van der Waals surface area contributed by atoms with Crippen molar-refractivity contribution in [3.05, 3.63) is 36.4 Å². The van der Waals surface area contributed by atoms with Gasteiger partial charge in [-0.05, 0) is 26.0 Å². The van der Waals surface area contributed by atoms with Crippen molar-refractivity contribution in [3.63, 3.8) is 0 Å². The molecule has 8 nitrogen and oxygen atoms in total. The highest BCUT2D eigenvalue weighted by Crippen LogP contribution is 2.26. The molecule has 2 aromatic heterocycles. The maximum absolute atomic E-state index is 12.7. The number of pyridine rings is 1. The van der Waals surface area contributed by atoms with Crippen LogP contribution in [0.1, 0.15) is 19.0 Å². The van der Waals surface area contributed by atoms with E-state index in [1.165, 1.54) is 0 Å². The second-order valence-corrected chi connectivity index (χ2v) is 6.97. The Hall–Kier alpha value is -3.03. The van der Waals surface area contributed by atoms with Crippen LogP contribution in [0.5, 0.6) is 5.75 Å². The molecule has 0 aromatic carbocycles. The fourth-order valence-electron chi connectivity index (χ4n) is 3.22. The Balaban J connectivity index is 1.38. The third kappa shape index (κ3) is 3.47. The van der Waals surface area contributed by atoms with Gasteiger partial charge in [0.15, 0.2) is 6.10 Å². The van der Waals surface area contributed by atoms with Gasteiger partial charge in [0.25, 0.3) is 5.91 Å². The van der Waals surface area contributed by atoms with Gasteiger partial charge in [-0.2, -0.15) is 0 Å². The normalized spacial score (nSPS) is 19.9. The number of anilines is 2. The summed E-state index contributed by atoms with van der Waals surface area (Å²) in [7, 11) is 0. The molecule has 2 aromatic rings. The molecule has 1 atom stereocenters. The molecule has 0 spiro atoms. The number of hydrogen-bond acceptors (Lipinski definition) is 7. The van der Waals surface area contributed by atoms with Crippen molar-refractivity contribution in [1.82, 2.24) is 15.0 Å². The van der Waals surface area contributed by atoms with Crippen molar-refractivity contribution in [2.45, 2.75) is 26.4 Å². The predicted molar refractivity (Wildman–Crippen MR) is 98.8 cm³/mol. The lowest BCUT2D eigenvalue weighted by molar-refractivity contribution is -0.123. The average Bonchev–Trinajstić information content (AvgIpc) is 2.97. The number of aromatic nitrogens is 3. The van der Waals surface area contributed by atoms with Gasteiger partial charge < -0.3 is 14.5 Å². The van der Waals surface area contributed by atoms with Gasteiger partial charge in [0.2, 0.25) is 5.95 Å². The lowest BCUT2D eigenvalue weighted by Gasteiger charge is -2.37. The molecule has 4 heterocycles.